The first-order valence-corrected chi connectivity index (χ1v) is 9.35. The van der Waals surface area contributed by atoms with E-state index in [0.717, 1.165) is 38.5 Å². The molecule has 0 aromatic rings. The Morgan fingerprint density at radius 3 is 2.17 bits per heavy atom. The van der Waals surface area contributed by atoms with E-state index in [4.69, 9.17) is 4.74 Å². The van der Waals surface area contributed by atoms with Crippen molar-refractivity contribution < 1.29 is 9.53 Å². The molecular weight excluding hydrogens is 298 g/mol. The zero-order valence-corrected chi connectivity index (χ0v) is 16.0. The van der Waals surface area contributed by atoms with Gasteiger partial charge < -0.3 is 10.1 Å². The molecule has 1 aliphatic rings. The molecule has 0 saturated heterocycles. The van der Waals surface area contributed by atoms with Crippen molar-refractivity contribution in [1.82, 2.24) is 5.32 Å². The van der Waals surface area contributed by atoms with Gasteiger partial charge in [0, 0.05) is 6.04 Å². The molecule has 0 unspecified atom stereocenters. The molecule has 1 aliphatic carbocycles. The van der Waals surface area contributed by atoms with Gasteiger partial charge in [0.1, 0.15) is 6.61 Å². The lowest BCUT2D eigenvalue weighted by atomic mass is 10.1. The Morgan fingerprint density at radius 1 is 0.958 bits per heavy atom. The molecule has 24 heavy (non-hydrogen) atoms. The quantitative estimate of drug-likeness (QED) is 0.520. The minimum Gasteiger partial charge on any atom is -0.445 e. The fourth-order valence-electron chi connectivity index (χ4n) is 2.88. The minimum atomic E-state index is -0.277. The predicted octanol–water partition coefficient (Wildman–Crippen LogP) is 6.07. The highest BCUT2D eigenvalue weighted by atomic mass is 16.5. The molecule has 0 spiro atoms. The number of hydrogen-bond acceptors (Lipinski definition) is 2. The van der Waals surface area contributed by atoms with Crippen molar-refractivity contribution >= 4 is 6.09 Å². The molecule has 1 N–H and O–H groups in total. The Hall–Kier alpha value is -1.51. The predicted molar refractivity (Wildman–Crippen MR) is 102 cm³/mol. The number of allylic oxidation sites excluding steroid dienone is 5. The molecule has 0 heterocycles. The van der Waals surface area contributed by atoms with Gasteiger partial charge in [-0.15, -0.1) is 0 Å². The minimum absolute atomic E-state index is 0.277. The zero-order valence-electron chi connectivity index (χ0n) is 16.0. The molecule has 0 bridgehead atoms. The summed E-state index contributed by atoms with van der Waals surface area (Å²) in [6.07, 6.45) is 15.3. The SMILES string of the molecule is CC(C)=CCC/C(C)=C/CC/C(C)=C/COC(=O)NC1CCCC1. The van der Waals surface area contributed by atoms with Gasteiger partial charge in [-0.2, -0.15) is 0 Å². The average molecular weight is 334 g/mol. The van der Waals surface area contributed by atoms with E-state index in [1.165, 1.54) is 29.6 Å². The number of nitrogens with one attached hydrogen (secondary N) is 1. The first-order chi connectivity index (χ1) is 11.5. The van der Waals surface area contributed by atoms with Crippen molar-refractivity contribution in [3.8, 4) is 0 Å². The summed E-state index contributed by atoms with van der Waals surface area (Å²) < 4.78 is 5.23. The van der Waals surface area contributed by atoms with Crippen LogP contribution in [0.5, 0.6) is 0 Å². The summed E-state index contributed by atoms with van der Waals surface area (Å²) in [5.74, 6) is 0. The second kappa shape index (κ2) is 11.9. The summed E-state index contributed by atoms with van der Waals surface area (Å²) in [5.41, 5.74) is 4.11. The van der Waals surface area contributed by atoms with Gasteiger partial charge in [0.25, 0.3) is 0 Å². The normalized spacial score (nSPS) is 16.2. The second-order valence-electron chi connectivity index (χ2n) is 7.18. The van der Waals surface area contributed by atoms with Crippen molar-refractivity contribution in [3.05, 3.63) is 34.9 Å². The number of amides is 1. The molecule has 0 atom stereocenters. The van der Waals surface area contributed by atoms with Gasteiger partial charge in [0.15, 0.2) is 0 Å². The Labute approximate surface area is 148 Å². The van der Waals surface area contributed by atoms with E-state index in [-0.39, 0.29) is 6.09 Å². The van der Waals surface area contributed by atoms with Crippen LogP contribution in [-0.4, -0.2) is 18.7 Å². The highest BCUT2D eigenvalue weighted by molar-refractivity contribution is 5.67. The van der Waals surface area contributed by atoms with Gasteiger partial charge in [0.2, 0.25) is 0 Å². The van der Waals surface area contributed by atoms with E-state index in [1.54, 1.807) is 0 Å². The maximum absolute atomic E-state index is 11.7. The van der Waals surface area contributed by atoms with E-state index in [1.807, 2.05) is 6.08 Å². The fraction of sp³-hybridized carbons (Fsp3) is 0.667. The Morgan fingerprint density at radius 2 is 1.54 bits per heavy atom. The molecule has 1 fully saturated rings. The lowest BCUT2D eigenvalue weighted by molar-refractivity contribution is 0.154. The van der Waals surface area contributed by atoms with Crippen LogP contribution in [0.4, 0.5) is 4.79 Å². The number of carbonyl (C=O) groups is 1. The van der Waals surface area contributed by atoms with Crippen molar-refractivity contribution in [2.24, 2.45) is 0 Å². The Kier molecular flexibility index (Phi) is 10.2. The van der Waals surface area contributed by atoms with Gasteiger partial charge in [0.05, 0.1) is 0 Å². The maximum Gasteiger partial charge on any atom is 0.407 e. The summed E-state index contributed by atoms with van der Waals surface area (Å²) >= 11 is 0. The van der Waals surface area contributed by atoms with Gasteiger partial charge >= 0.3 is 6.09 Å². The smallest absolute Gasteiger partial charge is 0.407 e. The van der Waals surface area contributed by atoms with Gasteiger partial charge in [-0.05, 0) is 72.3 Å². The van der Waals surface area contributed by atoms with Crippen molar-refractivity contribution in [3.63, 3.8) is 0 Å². The summed E-state index contributed by atoms with van der Waals surface area (Å²) in [6.45, 7) is 8.96. The molecule has 0 aromatic heterocycles. The van der Waals surface area contributed by atoms with Gasteiger partial charge in [-0.3, -0.25) is 0 Å². The molecule has 3 nitrogen and oxygen atoms in total. The van der Waals surface area contributed by atoms with Crippen molar-refractivity contribution in [2.75, 3.05) is 6.61 Å². The number of ether oxygens (including phenoxy) is 1. The second-order valence-corrected chi connectivity index (χ2v) is 7.18. The first kappa shape index (κ1) is 20.5. The van der Waals surface area contributed by atoms with Crippen LogP contribution < -0.4 is 5.32 Å². The molecule has 1 amide bonds. The van der Waals surface area contributed by atoms with Crippen LogP contribution in [0.25, 0.3) is 0 Å². The van der Waals surface area contributed by atoms with E-state index in [0.29, 0.717) is 12.6 Å². The highest BCUT2D eigenvalue weighted by Gasteiger charge is 2.17. The third kappa shape index (κ3) is 10.3. The van der Waals surface area contributed by atoms with E-state index < -0.39 is 0 Å². The largest absolute Gasteiger partial charge is 0.445 e. The average Bonchev–Trinajstić information content (AvgIpc) is 2.99. The van der Waals surface area contributed by atoms with E-state index >= 15 is 0 Å². The summed E-state index contributed by atoms with van der Waals surface area (Å²) in [6, 6.07) is 0.321. The standard InChI is InChI=1S/C21H35NO2/c1-17(2)9-7-10-18(3)11-8-12-19(4)15-16-24-21(23)22-20-13-5-6-14-20/h9,11,15,20H,5-8,10,12-14,16H2,1-4H3,(H,22,23)/b18-11+,19-15+. The molecule has 3 heteroatoms. The molecule has 136 valence electrons. The molecule has 0 aliphatic heterocycles. The van der Waals surface area contributed by atoms with Crippen LogP contribution in [0.1, 0.15) is 79.1 Å². The number of carbonyl (C=O) groups excluding carboxylic acids is 1. The summed E-state index contributed by atoms with van der Waals surface area (Å²) in [4.78, 5) is 11.7. The van der Waals surface area contributed by atoms with Crippen LogP contribution in [0.15, 0.2) is 34.9 Å². The van der Waals surface area contributed by atoms with Crippen LogP contribution in [0, 0.1) is 0 Å². The molecule has 1 saturated carbocycles. The van der Waals surface area contributed by atoms with Crippen molar-refractivity contribution in [2.45, 2.75) is 85.1 Å². The zero-order chi connectivity index (χ0) is 17.8. The number of alkyl carbamates (subject to hydrolysis) is 1. The molecule has 1 rings (SSSR count). The molecule has 0 aromatic carbocycles. The van der Waals surface area contributed by atoms with Crippen LogP contribution >= 0.6 is 0 Å². The number of hydrogen-bond donors (Lipinski definition) is 1. The maximum atomic E-state index is 11.7. The summed E-state index contributed by atoms with van der Waals surface area (Å²) in [7, 11) is 0. The lowest BCUT2D eigenvalue weighted by Gasteiger charge is -2.11. The van der Waals surface area contributed by atoms with Gasteiger partial charge in [-0.25, -0.2) is 4.79 Å². The fourth-order valence-corrected chi connectivity index (χ4v) is 2.88. The third-order valence-electron chi connectivity index (χ3n) is 4.45. The Balaban J connectivity index is 2.14. The number of rotatable bonds is 9. The van der Waals surface area contributed by atoms with Crippen LogP contribution in [0.2, 0.25) is 0 Å². The Bertz CT molecular complexity index is 464. The molecule has 0 radical (unpaired) electrons. The third-order valence-corrected chi connectivity index (χ3v) is 4.45. The monoisotopic (exact) mass is 333 g/mol. The van der Waals surface area contributed by atoms with E-state index in [2.05, 4.69) is 45.2 Å². The van der Waals surface area contributed by atoms with Gasteiger partial charge in [-0.1, -0.05) is 41.7 Å². The summed E-state index contributed by atoms with van der Waals surface area (Å²) in [5, 5.41) is 2.93. The van der Waals surface area contributed by atoms with E-state index in [9.17, 15) is 4.79 Å². The lowest BCUT2D eigenvalue weighted by Crippen LogP contribution is -2.33. The first-order valence-electron chi connectivity index (χ1n) is 9.35. The molecular formula is C21H35NO2. The van der Waals surface area contributed by atoms with Crippen LogP contribution in [0.3, 0.4) is 0 Å². The highest BCUT2D eigenvalue weighted by Crippen LogP contribution is 2.17. The topological polar surface area (TPSA) is 38.3 Å². The van der Waals surface area contributed by atoms with Crippen LogP contribution in [-0.2, 0) is 4.74 Å². The van der Waals surface area contributed by atoms with Crippen molar-refractivity contribution in [1.29, 1.82) is 0 Å².